The first-order valence-corrected chi connectivity index (χ1v) is 8.51. The average molecular weight is 294 g/mol. The Hall–Kier alpha value is -1.01. The molecule has 1 fully saturated rings. The van der Waals surface area contributed by atoms with E-state index in [0.717, 1.165) is 28.5 Å². The standard InChI is InChI=1S/C13H18N4S2/c1-8-5-10-11(15-6-9-3-4-18-7-9)16-13(14-2)17-12(10)19-8/h5,9H,3-4,6-7H2,1-2H3,(H2,14,15,16,17). The Morgan fingerprint density at radius 3 is 3.05 bits per heavy atom. The van der Waals surface area contributed by atoms with Crippen molar-refractivity contribution in [2.75, 3.05) is 35.7 Å². The van der Waals surface area contributed by atoms with Crippen molar-refractivity contribution in [2.24, 2.45) is 5.92 Å². The smallest absolute Gasteiger partial charge is 0.225 e. The Labute approximate surface area is 121 Å². The van der Waals surface area contributed by atoms with E-state index in [-0.39, 0.29) is 0 Å². The fourth-order valence-corrected chi connectivity index (χ4v) is 4.44. The zero-order valence-electron chi connectivity index (χ0n) is 11.2. The monoisotopic (exact) mass is 294 g/mol. The Kier molecular flexibility index (Phi) is 3.79. The predicted molar refractivity (Wildman–Crippen MR) is 85.6 cm³/mol. The van der Waals surface area contributed by atoms with Gasteiger partial charge in [-0.05, 0) is 36.8 Å². The number of nitrogens with zero attached hydrogens (tertiary/aromatic N) is 2. The summed E-state index contributed by atoms with van der Waals surface area (Å²) in [7, 11) is 1.86. The molecule has 0 aromatic carbocycles. The van der Waals surface area contributed by atoms with Gasteiger partial charge in [0, 0.05) is 18.5 Å². The number of anilines is 2. The highest BCUT2D eigenvalue weighted by atomic mass is 32.2. The van der Waals surface area contributed by atoms with Crippen molar-refractivity contribution in [1.29, 1.82) is 0 Å². The van der Waals surface area contributed by atoms with Crippen molar-refractivity contribution in [1.82, 2.24) is 9.97 Å². The molecular formula is C13H18N4S2. The van der Waals surface area contributed by atoms with E-state index >= 15 is 0 Å². The van der Waals surface area contributed by atoms with Crippen molar-refractivity contribution < 1.29 is 0 Å². The number of hydrogen-bond donors (Lipinski definition) is 2. The summed E-state index contributed by atoms with van der Waals surface area (Å²) in [4.78, 5) is 11.4. The number of thioether (sulfide) groups is 1. The van der Waals surface area contributed by atoms with E-state index in [1.54, 1.807) is 11.3 Å². The minimum Gasteiger partial charge on any atom is -0.369 e. The molecule has 4 nitrogen and oxygen atoms in total. The molecule has 2 N–H and O–H groups in total. The van der Waals surface area contributed by atoms with Crippen LogP contribution in [0.3, 0.4) is 0 Å². The largest absolute Gasteiger partial charge is 0.369 e. The van der Waals surface area contributed by atoms with Crippen LogP contribution in [-0.4, -0.2) is 35.1 Å². The maximum atomic E-state index is 4.56. The predicted octanol–water partition coefficient (Wildman–Crippen LogP) is 3.21. The number of aromatic nitrogens is 2. The first-order chi connectivity index (χ1) is 9.26. The lowest BCUT2D eigenvalue weighted by atomic mass is 10.1. The lowest BCUT2D eigenvalue weighted by molar-refractivity contribution is 0.631. The number of hydrogen-bond acceptors (Lipinski definition) is 6. The number of aryl methyl sites for hydroxylation is 1. The molecule has 102 valence electrons. The zero-order chi connectivity index (χ0) is 13.2. The van der Waals surface area contributed by atoms with E-state index in [9.17, 15) is 0 Å². The second kappa shape index (κ2) is 5.54. The van der Waals surface area contributed by atoms with E-state index in [4.69, 9.17) is 0 Å². The normalized spacial score (nSPS) is 18.9. The Morgan fingerprint density at radius 1 is 1.42 bits per heavy atom. The van der Waals surface area contributed by atoms with Crippen LogP contribution < -0.4 is 10.6 Å². The maximum absolute atomic E-state index is 4.56. The minimum absolute atomic E-state index is 0.692. The fraction of sp³-hybridized carbons (Fsp3) is 0.538. The number of rotatable bonds is 4. The van der Waals surface area contributed by atoms with Gasteiger partial charge in [0.1, 0.15) is 10.6 Å². The second-order valence-corrected chi connectivity index (χ2v) is 7.22. The summed E-state index contributed by atoms with van der Waals surface area (Å²) < 4.78 is 0. The Morgan fingerprint density at radius 2 is 2.32 bits per heavy atom. The first-order valence-electron chi connectivity index (χ1n) is 6.54. The zero-order valence-corrected chi connectivity index (χ0v) is 12.8. The lowest BCUT2D eigenvalue weighted by Crippen LogP contribution is -2.15. The van der Waals surface area contributed by atoms with Crippen LogP contribution >= 0.6 is 23.1 Å². The van der Waals surface area contributed by atoms with Gasteiger partial charge >= 0.3 is 0 Å². The summed E-state index contributed by atoms with van der Waals surface area (Å²) in [6.45, 7) is 3.12. The minimum atomic E-state index is 0.692. The third kappa shape index (κ3) is 2.79. The van der Waals surface area contributed by atoms with Gasteiger partial charge in [0.05, 0.1) is 5.39 Å². The van der Waals surface area contributed by atoms with Crippen LogP contribution in [0.25, 0.3) is 10.2 Å². The molecule has 0 saturated carbocycles. The van der Waals surface area contributed by atoms with Gasteiger partial charge in [-0.2, -0.15) is 16.7 Å². The molecule has 0 bridgehead atoms. The molecular weight excluding hydrogens is 276 g/mol. The van der Waals surface area contributed by atoms with Gasteiger partial charge in [-0.25, -0.2) is 4.98 Å². The molecule has 0 aliphatic carbocycles. The van der Waals surface area contributed by atoms with Gasteiger partial charge in [0.2, 0.25) is 5.95 Å². The molecule has 0 spiro atoms. The highest BCUT2D eigenvalue weighted by Crippen LogP contribution is 2.30. The van der Waals surface area contributed by atoms with Crippen LogP contribution in [0.15, 0.2) is 6.07 Å². The molecule has 6 heteroatoms. The van der Waals surface area contributed by atoms with Gasteiger partial charge < -0.3 is 10.6 Å². The summed E-state index contributed by atoms with van der Waals surface area (Å²) >= 11 is 3.77. The molecule has 0 amide bonds. The topological polar surface area (TPSA) is 49.8 Å². The van der Waals surface area contributed by atoms with Crippen molar-refractivity contribution >= 4 is 45.1 Å². The number of thiophene rings is 1. The van der Waals surface area contributed by atoms with E-state index in [0.29, 0.717) is 5.95 Å². The fourth-order valence-electron chi connectivity index (χ4n) is 2.27. The molecule has 0 radical (unpaired) electrons. The SMILES string of the molecule is CNc1nc(NCC2CCSC2)c2cc(C)sc2n1. The second-order valence-electron chi connectivity index (χ2n) is 4.83. The summed E-state index contributed by atoms with van der Waals surface area (Å²) in [6.07, 6.45) is 1.31. The van der Waals surface area contributed by atoms with E-state index in [2.05, 4.69) is 33.6 Å². The third-order valence-electron chi connectivity index (χ3n) is 3.32. The quantitative estimate of drug-likeness (QED) is 0.907. The first kappa shape index (κ1) is 13.0. The Balaban J connectivity index is 1.86. The van der Waals surface area contributed by atoms with Gasteiger partial charge in [-0.15, -0.1) is 11.3 Å². The average Bonchev–Trinajstić information content (AvgIpc) is 3.03. The van der Waals surface area contributed by atoms with Gasteiger partial charge in [-0.3, -0.25) is 0 Å². The highest BCUT2D eigenvalue weighted by molar-refractivity contribution is 7.99. The van der Waals surface area contributed by atoms with Gasteiger partial charge in [0.15, 0.2) is 0 Å². The molecule has 1 unspecified atom stereocenters. The van der Waals surface area contributed by atoms with Gasteiger partial charge in [-0.1, -0.05) is 0 Å². The molecule has 1 aliphatic rings. The molecule has 2 aromatic rings. The molecule has 1 aliphatic heterocycles. The van der Waals surface area contributed by atoms with E-state index in [1.165, 1.54) is 22.8 Å². The van der Waals surface area contributed by atoms with Crippen molar-refractivity contribution in [2.45, 2.75) is 13.3 Å². The van der Waals surface area contributed by atoms with Crippen molar-refractivity contribution in [3.63, 3.8) is 0 Å². The van der Waals surface area contributed by atoms with E-state index < -0.39 is 0 Å². The summed E-state index contributed by atoms with van der Waals surface area (Å²) in [6, 6.07) is 2.17. The van der Waals surface area contributed by atoms with Crippen molar-refractivity contribution in [3.8, 4) is 0 Å². The summed E-state index contributed by atoms with van der Waals surface area (Å²) in [5.74, 6) is 4.99. The molecule has 2 aromatic heterocycles. The van der Waals surface area contributed by atoms with Gasteiger partial charge in [0.25, 0.3) is 0 Å². The van der Waals surface area contributed by atoms with Crippen LogP contribution in [-0.2, 0) is 0 Å². The van der Waals surface area contributed by atoms with Crippen molar-refractivity contribution in [3.05, 3.63) is 10.9 Å². The number of fused-ring (bicyclic) bond motifs is 1. The summed E-state index contributed by atoms with van der Waals surface area (Å²) in [5.41, 5.74) is 0. The molecule has 19 heavy (non-hydrogen) atoms. The summed E-state index contributed by atoms with van der Waals surface area (Å²) in [5, 5.41) is 7.70. The van der Waals surface area contributed by atoms with E-state index in [1.807, 2.05) is 18.8 Å². The molecule has 3 rings (SSSR count). The maximum Gasteiger partial charge on any atom is 0.225 e. The number of nitrogens with one attached hydrogen (secondary N) is 2. The molecule has 3 heterocycles. The third-order valence-corrected chi connectivity index (χ3v) is 5.50. The molecule has 1 saturated heterocycles. The van der Waals surface area contributed by atoms with Crippen LogP contribution in [0.2, 0.25) is 0 Å². The highest BCUT2D eigenvalue weighted by Gasteiger charge is 2.16. The molecule has 1 atom stereocenters. The Bertz CT molecular complexity index is 575. The van der Waals surface area contributed by atoms with Crippen LogP contribution in [0, 0.1) is 12.8 Å². The van der Waals surface area contributed by atoms with Crippen LogP contribution in [0.1, 0.15) is 11.3 Å². The lowest BCUT2D eigenvalue weighted by Gasteiger charge is -2.12. The van der Waals surface area contributed by atoms with Crippen LogP contribution in [0.4, 0.5) is 11.8 Å². The van der Waals surface area contributed by atoms with Crippen LogP contribution in [0.5, 0.6) is 0 Å².